The molecule has 0 atom stereocenters. The number of nitrogens with zero attached hydrogens (tertiary/aromatic N) is 4. The van der Waals surface area contributed by atoms with Gasteiger partial charge in [-0.2, -0.15) is 0 Å². The van der Waals surface area contributed by atoms with Gasteiger partial charge in [-0.25, -0.2) is 19.3 Å². The van der Waals surface area contributed by atoms with Gasteiger partial charge in [0.2, 0.25) is 11.8 Å². The number of hydrogen-bond donors (Lipinski definition) is 0. The Hall–Kier alpha value is -3.14. The zero-order valence-electron chi connectivity index (χ0n) is 16.1. The van der Waals surface area contributed by atoms with Gasteiger partial charge in [-0.3, -0.25) is 4.79 Å². The van der Waals surface area contributed by atoms with Crippen molar-refractivity contribution >= 4 is 40.1 Å². The van der Waals surface area contributed by atoms with Gasteiger partial charge < -0.3 is 4.52 Å². The normalized spacial score (nSPS) is 10.8. The summed E-state index contributed by atoms with van der Waals surface area (Å²) in [6.07, 6.45) is 3.01. The predicted molar refractivity (Wildman–Crippen MR) is 120 cm³/mol. The van der Waals surface area contributed by atoms with Crippen LogP contribution in [0.15, 0.2) is 65.6 Å². The lowest BCUT2D eigenvalue weighted by Gasteiger charge is -2.20. The fourth-order valence-electron chi connectivity index (χ4n) is 3.15. The van der Waals surface area contributed by atoms with E-state index in [-0.39, 0.29) is 17.6 Å². The van der Waals surface area contributed by atoms with Gasteiger partial charge in [-0.1, -0.05) is 17.3 Å². The van der Waals surface area contributed by atoms with E-state index < -0.39 is 0 Å². The average molecular weight is 514 g/mol. The highest BCUT2D eigenvalue weighted by molar-refractivity contribution is 14.1. The second-order valence-electron chi connectivity index (χ2n) is 6.58. The van der Waals surface area contributed by atoms with Crippen molar-refractivity contribution in [2.75, 3.05) is 4.90 Å². The molecule has 30 heavy (non-hydrogen) atoms. The zero-order valence-corrected chi connectivity index (χ0v) is 18.3. The molecule has 2 aromatic heterocycles. The van der Waals surface area contributed by atoms with Crippen LogP contribution in [0.2, 0.25) is 0 Å². The lowest BCUT2D eigenvalue weighted by atomic mass is 10.0. The molecular formula is C22H16FIN4O2. The fraction of sp³-hybridized carbons (Fsp3) is 0.0909. The summed E-state index contributed by atoms with van der Waals surface area (Å²) in [4.78, 5) is 22.5. The van der Waals surface area contributed by atoms with E-state index in [4.69, 9.17) is 4.52 Å². The maximum Gasteiger partial charge on any atom is 0.248 e. The highest BCUT2D eigenvalue weighted by Gasteiger charge is 2.29. The molecule has 0 fully saturated rings. The minimum atomic E-state index is -0.310. The Morgan fingerprint density at radius 3 is 2.63 bits per heavy atom. The second-order valence-corrected chi connectivity index (χ2v) is 7.74. The van der Waals surface area contributed by atoms with Gasteiger partial charge in [0.05, 0.1) is 16.9 Å². The SMILES string of the molecule is CC(=O)N(c1ccccc1I)c1onc(-c2ccc(F)c(C)c2)c1-c1ccncn1. The van der Waals surface area contributed by atoms with Gasteiger partial charge in [0.25, 0.3) is 0 Å². The van der Waals surface area contributed by atoms with E-state index in [1.807, 2.05) is 24.3 Å². The Morgan fingerprint density at radius 2 is 1.97 bits per heavy atom. The molecule has 0 aliphatic rings. The van der Waals surface area contributed by atoms with Crippen molar-refractivity contribution in [2.24, 2.45) is 0 Å². The largest absolute Gasteiger partial charge is 0.336 e. The first kappa shape index (κ1) is 20.1. The number of amides is 1. The van der Waals surface area contributed by atoms with E-state index >= 15 is 0 Å². The topological polar surface area (TPSA) is 72.1 Å². The molecule has 0 aliphatic carbocycles. The van der Waals surface area contributed by atoms with Gasteiger partial charge in [0.1, 0.15) is 17.8 Å². The maximum atomic E-state index is 13.8. The Balaban J connectivity index is 1.98. The number of halogens is 2. The van der Waals surface area contributed by atoms with Gasteiger partial charge >= 0.3 is 0 Å². The molecule has 0 bridgehead atoms. The number of carbonyl (C=O) groups excluding carboxylic acids is 1. The smallest absolute Gasteiger partial charge is 0.248 e. The van der Waals surface area contributed by atoms with Crippen LogP contribution >= 0.6 is 22.6 Å². The molecule has 0 aliphatic heterocycles. The number of rotatable bonds is 4. The van der Waals surface area contributed by atoms with Gasteiger partial charge in [0.15, 0.2) is 0 Å². The minimum Gasteiger partial charge on any atom is -0.336 e. The summed E-state index contributed by atoms with van der Waals surface area (Å²) in [7, 11) is 0. The lowest BCUT2D eigenvalue weighted by molar-refractivity contribution is -0.116. The van der Waals surface area contributed by atoms with Crippen LogP contribution in [-0.4, -0.2) is 21.0 Å². The van der Waals surface area contributed by atoms with Crippen LogP contribution in [0.5, 0.6) is 0 Å². The third-order valence-electron chi connectivity index (χ3n) is 4.55. The number of hydrogen-bond acceptors (Lipinski definition) is 5. The summed E-state index contributed by atoms with van der Waals surface area (Å²) in [6, 6.07) is 13.9. The number of aryl methyl sites for hydroxylation is 1. The molecular weight excluding hydrogens is 498 g/mol. The number of anilines is 2. The monoisotopic (exact) mass is 514 g/mol. The number of carbonyl (C=O) groups is 1. The van der Waals surface area contributed by atoms with Crippen molar-refractivity contribution in [2.45, 2.75) is 13.8 Å². The van der Waals surface area contributed by atoms with E-state index in [1.54, 1.807) is 31.3 Å². The third-order valence-corrected chi connectivity index (χ3v) is 5.47. The van der Waals surface area contributed by atoms with E-state index in [2.05, 4.69) is 37.7 Å². The van der Waals surface area contributed by atoms with Crippen molar-refractivity contribution < 1.29 is 13.7 Å². The summed E-state index contributed by atoms with van der Waals surface area (Å²) in [5, 5.41) is 4.24. The fourth-order valence-corrected chi connectivity index (χ4v) is 3.78. The summed E-state index contributed by atoms with van der Waals surface area (Å²) < 4.78 is 20.4. The van der Waals surface area contributed by atoms with Crippen LogP contribution in [0, 0.1) is 16.3 Å². The van der Waals surface area contributed by atoms with E-state index in [9.17, 15) is 9.18 Å². The molecule has 0 saturated carbocycles. The molecule has 0 radical (unpaired) electrons. The highest BCUT2D eigenvalue weighted by atomic mass is 127. The average Bonchev–Trinajstić information content (AvgIpc) is 3.16. The molecule has 1 amide bonds. The van der Waals surface area contributed by atoms with Crippen molar-refractivity contribution in [1.82, 2.24) is 15.1 Å². The first-order chi connectivity index (χ1) is 14.5. The van der Waals surface area contributed by atoms with E-state index in [0.29, 0.717) is 33.8 Å². The zero-order chi connectivity index (χ0) is 21.3. The summed E-state index contributed by atoms with van der Waals surface area (Å²) in [5.74, 6) is -0.315. The quantitative estimate of drug-likeness (QED) is 0.335. The highest BCUT2D eigenvalue weighted by Crippen LogP contribution is 2.42. The van der Waals surface area contributed by atoms with Crippen molar-refractivity contribution in [1.29, 1.82) is 0 Å². The molecule has 0 saturated heterocycles. The first-order valence-corrected chi connectivity index (χ1v) is 10.1. The maximum absolute atomic E-state index is 13.8. The molecule has 0 unspecified atom stereocenters. The van der Waals surface area contributed by atoms with E-state index in [0.717, 1.165) is 3.57 Å². The lowest BCUT2D eigenvalue weighted by Crippen LogP contribution is -2.23. The molecule has 0 spiro atoms. The molecule has 4 aromatic rings. The van der Waals surface area contributed by atoms with Crippen LogP contribution in [0.25, 0.3) is 22.5 Å². The number of aromatic nitrogens is 3. The van der Waals surface area contributed by atoms with Crippen molar-refractivity contribution in [3.63, 3.8) is 0 Å². The second kappa shape index (κ2) is 8.31. The van der Waals surface area contributed by atoms with Crippen molar-refractivity contribution in [3.05, 3.63) is 76.0 Å². The molecule has 0 N–H and O–H groups in total. The molecule has 2 aromatic carbocycles. The van der Waals surface area contributed by atoms with Crippen LogP contribution in [0.3, 0.4) is 0 Å². The minimum absolute atomic E-state index is 0.238. The summed E-state index contributed by atoms with van der Waals surface area (Å²) >= 11 is 2.17. The Kier molecular flexibility index (Phi) is 5.58. The Bertz CT molecular complexity index is 1230. The van der Waals surface area contributed by atoms with Crippen LogP contribution in [-0.2, 0) is 4.79 Å². The van der Waals surface area contributed by atoms with Crippen LogP contribution in [0.1, 0.15) is 12.5 Å². The summed E-state index contributed by atoms with van der Waals surface area (Å²) in [5.41, 5.74) is 3.33. The number of benzene rings is 2. The van der Waals surface area contributed by atoms with Gasteiger partial charge in [-0.15, -0.1) is 0 Å². The van der Waals surface area contributed by atoms with Gasteiger partial charge in [-0.05, 0) is 71.5 Å². The Labute approximate surface area is 185 Å². The van der Waals surface area contributed by atoms with Gasteiger partial charge in [0, 0.05) is 22.3 Å². The molecule has 150 valence electrons. The van der Waals surface area contributed by atoms with E-state index in [1.165, 1.54) is 24.2 Å². The third kappa shape index (κ3) is 3.70. The molecule has 4 rings (SSSR count). The molecule has 6 nitrogen and oxygen atoms in total. The van der Waals surface area contributed by atoms with Crippen LogP contribution < -0.4 is 4.90 Å². The van der Waals surface area contributed by atoms with Crippen molar-refractivity contribution in [3.8, 4) is 22.5 Å². The van der Waals surface area contributed by atoms with Crippen LogP contribution in [0.4, 0.5) is 16.0 Å². The standard InChI is InChI=1S/C22H16FIN4O2/c1-13-11-15(7-8-16(13)23)21-20(18-9-10-25-12-26-18)22(30-27-21)28(14(2)29)19-6-4-3-5-17(19)24/h3-12H,1-2H3. The Morgan fingerprint density at radius 1 is 1.17 bits per heavy atom. The number of para-hydroxylation sites is 1. The summed E-state index contributed by atoms with van der Waals surface area (Å²) in [6.45, 7) is 3.13. The molecule has 8 heteroatoms. The first-order valence-electron chi connectivity index (χ1n) is 9.05. The predicted octanol–water partition coefficient (Wildman–Crippen LogP) is 5.54. The molecule has 2 heterocycles.